The summed E-state index contributed by atoms with van der Waals surface area (Å²) in [6.45, 7) is 6.09. The molecule has 0 heterocycles. The zero-order chi connectivity index (χ0) is 25.5. The fraction of sp³-hybridized carbons (Fsp3) is 0.435. The number of sulfonamides is 1. The summed E-state index contributed by atoms with van der Waals surface area (Å²) in [5.74, 6) is 0.527. The van der Waals surface area contributed by atoms with E-state index in [4.69, 9.17) is 9.47 Å². The SMILES string of the molecule is CCC(C(=O)NCCOc1ccccc1C(C)C)N(c1cc([N+](=O)[O-])ccc1OC)S(C)(=O)=O. The van der Waals surface area contributed by atoms with E-state index in [1.54, 1.807) is 6.92 Å². The highest BCUT2D eigenvalue weighted by atomic mass is 32.2. The van der Waals surface area contributed by atoms with Crippen LogP contribution >= 0.6 is 0 Å². The third kappa shape index (κ3) is 6.60. The largest absolute Gasteiger partial charge is 0.495 e. The van der Waals surface area contributed by atoms with Crippen molar-refractivity contribution >= 4 is 27.3 Å². The van der Waals surface area contributed by atoms with Crippen molar-refractivity contribution in [1.82, 2.24) is 5.32 Å². The van der Waals surface area contributed by atoms with Crippen LogP contribution in [0, 0.1) is 10.1 Å². The molecule has 186 valence electrons. The van der Waals surface area contributed by atoms with Crippen molar-refractivity contribution in [1.29, 1.82) is 0 Å². The number of anilines is 1. The number of rotatable bonds is 12. The van der Waals surface area contributed by atoms with Gasteiger partial charge in [-0.15, -0.1) is 0 Å². The molecule has 0 saturated carbocycles. The van der Waals surface area contributed by atoms with Crippen molar-refractivity contribution in [2.45, 2.75) is 39.2 Å². The summed E-state index contributed by atoms with van der Waals surface area (Å²) < 4.78 is 37.3. The predicted octanol–water partition coefficient (Wildman–Crippen LogP) is 3.47. The first kappa shape index (κ1) is 26.9. The molecule has 0 spiro atoms. The maximum atomic E-state index is 13.0. The van der Waals surface area contributed by atoms with Gasteiger partial charge in [0.1, 0.15) is 29.8 Å². The molecule has 0 aliphatic carbocycles. The number of hydrogen-bond acceptors (Lipinski definition) is 7. The number of nitrogens with one attached hydrogen (secondary N) is 1. The number of ether oxygens (including phenoxy) is 2. The van der Waals surface area contributed by atoms with Gasteiger partial charge < -0.3 is 14.8 Å². The fourth-order valence-corrected chi connectivity index (χ4v) is 4.75. The second kappa shape index (κ2) is 11.7. The van der Waals surface area contributed by atoms with Gasteiger partial charge in [-0.05, 0) is 30.0 Å². The molecule has 0 saturated heterocycles. The van der Waals surface area contributed by atoms with Crippen molar-refractivity contribution in [3.05, 3.63) is 58.1 Å². The first-order chi connectivity index (χ1) is 16.0. The molecule has 1 N–H and O–H groups in total. The molecule has 1 amide bonds. The van der Waals surface area contributed by atoms with Gasteiger partial charge in [0.2, 0.25) is 15.9 Å². The first-order valence-corrected chi connectivity index (χ1v) is 12.7. The summed E-state index contributed by atoms with van der Waals surface area (Å²) in [6, 6.07) is 10.1. The maximum Gasteiger partial charge on any atom is 0.271 e. The Morgan fingerprint density at radius 2 is 1.85 bits per heavy atom. The lowest BCUT2D eigenvalue weighted by molar-refractivity contribution is -0.384. The first-order valence-electron chi connectivity index (χ1n) is 10.8. The number of nitro benzene ring substituents is 1. The van der Waals surface area contributed by atoms with Gasteiger partial charge in [-0.25, -0.2) is 8.42 Å². The molecule has 10 nitrogen and oxygen atoms in total. The van der Waals surface area contributed by atoms with Crippen molar-refractivity contribution in [3.63, 3.8) is 0 Å². The lowest BCUT2D eigenvalue weighted by Gasteiger charge is -2.31. The Kier molecular flexibility index (Phi) is 9.25. The number of carbonyl (C=O) groups is 1. The van der Waals surface area contributed by atoms with Gasteiger partial charge in [0.05, 0.1) is 24.8 Å². The van der Waals surface area contributed by atoms with Crippen LogP contribution in [0.3, 0.4) is 0 Å². The van der Waals surface area contributed by atoms with Crippen LogP contribution in [0.25, 0.3) is 0 Å². The van der Waals surface area contributed by atoms with Gasteiger partial charge >= 0.3 is 0 Å². The molecule has 0 fully saturated rings. The summed E-state index contributed by atoms with van der Waals surface area (Å²) in [5, 5.41) is 14.0. The molecule has 11 heteroatoms. The highest BCUT2D eigenvalue weighted by Gasteiger charge is 2.34. The molecule has 34 heavy (non-hydrogen) atoms. The van der Waals surface area contributed by atoms with E-state index in [0.29, 0.717) is 0 Å². The number of carbonyl (C=O) groups excluding carboxylic acids is 1. The smallest absolute Gasteiger partial charge is 0.271 e. The number of nitro groups is 1. The quantitative estimate of drug-likeness (QED) is 0.272. The molecule has 2 aromatic carbocycles. The van der Waals surface area contributed by atoms with Crippen molar-refractivity contribution in [2.24, 2.45) is 0 Å². The number of amides is 1. The molecular formula is C23H31N3O7S. The predicted molar refractivity (Wildman–Crippen MR) is 130 cm³/mol. The number of nitrogens with zero attached hydrogens (tertiary/aromatic N) is 2. The monoisotopic (exact) mass is 493 g/mol. The van der Waals surface area contributed by atoms with E-state index in [1.165, 1.54) is 19.2 Å². The molecule has 0 radical (unpaired) electrons. The van der Waals surface area contributed by atoms with Crippen LogP contribution in [-0.2, 0) is 14.8 Å². The highest BCUT2D eigenvalue weighted by Crippen LogP contribution is 2.35. The van der Waals surface area contributed by atoms with E-state index in [0.717, 1.165) is 27.9 Å². The molecular weight excluding hydrogens is 462 g/mol. The Bertz CT molecular complexity index is 1120. The molecule has 0 bridgehead atoms. The lowest BCUT2D eigenvalue weighted by Crippen LogP contribution is -2.50. The third-order valence-corrected chi connectivity index (χ3v) is 6.31. The van der Waals surface area contributed by atoms with E-state index in [-0.39, 0.29) is 42.6 Å². The zero-order valence-corrected chi connectivity index (χ0v) is 20.8. The Morgan fingerprint density at radius 1 is 1.18 bits per heavy atom. The zero-order valence-electron chi connectivity index (χ0n) is 20.0. The van der Waals surface area contributed by atoms with Gasteiger partial charge in [-0.3, -0.25) is 19.2 Å². The van der Waals surface area contributed by atoms with Crippen LogP contribution in [0.2, 0.25) is 0 Å². The molecule has 2 rings (SSSR count). The Morgan fingerprint density at radius 3 is 2.41 bits per heavy atom. The fourth-order valence-electron chi connectivity index (χ4n) is 3.54. The number of non-ortho nitro benzene ring substituents is 1. The lowest BCUT2D eigenvalue weighted by atomic mass is 10.0. The minimum Gasteiger partial charge on any atom is -0.495 e. The number of hydrogen-bond donors (Lipinski definition) is 1. The topological polar surface area (TPSA) is 128 Å². The van der Waals surface area contributed by atoms with E-state index in [9.17, 15) is 23.3 Å². The van der Waals surface area contributed by atoms with Crippen molar-refractivity contribution in [2.75, 3.05) is 30.8 Å². The molecule has 0 aromatic heterocycles. The summed E-state index contributed by atoms with van der Waals surface area (Å²) in [6.07, 6.45) is 1.06. The number of benzene rings is 2. The minimum absolute atomic E-state index is 0.0803. The van der Waals surface area contributed by atoms with E-state index >= 15 is 0 Å². The summed E-state index contributed by atoms with van der Waals surface area (Å²) in [7, 11) is -2.68. The van der Waals surface area contributed by atoms with Gasteiger partial charge in [-0.2, -0.15) is 0 Å². The number of para-hydroxylation sites is 1. The van der Waals surface area contributed by atoms with Crippen LogP contribution < -0.4 is 19.1 Å². The minimum atomic E-state index is -4.00. The van der Waals surface area contributed by atoms with E-state index in [2.05, 4.69) is 19.2 Å². The maximum absolute atomic E-state index is 13.0. The van der Waals surface area contributed by atoms with Crippen LogP contribution in [-0.4, -0.2) is 51.8 Å². The van der Waals surface area contributed by atoms with Crippen LogP contribution in [0.1, 0.15) is 38.7 Å². The molecule has 1 unspecified atom stereocenters. The van der Waals surface area contributed by atoms with Crippen LogP contribution in [0.5, 0.6) is 11.5 Å². The highest BCUT2D eigenvalue weighted by molar-refractivity contribution is 7.92. The van der Waals surface area contributed by atoms with Crippen LogP contribution in [0.4, 0.5) is 11.4 Å². The van der Waals surface area contributed by atoms with E-state index < -0.39 is 26.9 Å². The van der Waals surface area contributed by atoms with E-state index in [1.807, 2.05) is 24.3 Å². The van der Waals surface area contributed by atoms with Gasteiger partial charge in [0.25, 0.3) is 5.69 Å². The second-order valence-electron chi connectivity index (χ2n) is 7.93. The van der Waals surface area contributed by atoms with Crippen molar-refractivity contribution < 1.29 is 27.6 Å². The molecule has 0 aliphatic heterocycles. The molecule has 2 aromatic rings. The average molecular weight is 494 g/mol. The molecule has 1 atom stereocenters. The Balaban J connectivity index is 2.22. The second-order valence-corrected chi connectivity index (χ2v) is 9.79. The Hall–Kier alpha value is -3.34. The number of methoxy groups -OCH3 is 1. The standard InChI is InChI=1S/C23H31N3O7S/c1-6-19(23(27)24-13-14-33-21-10-8-7-9-18(21)16(2)3)25(34(5,30)31)20-15-17(26(28)29)11-12-22(20)32-4/h7-12,15-16,19H,6,13-14H2,1-5H3,(H,24,27). The van der Waals surface area contributed by atoms with Crippen molar-refractivity contribution in [3.8, 4) is 11.5 Å². The van der Waals surface area contributed by atoms with Crippen LogP contribution in [0.15, 0.2) is 42.5 Å². The summed E-state index contributed by atoms with van der Waals surface area (Å²) in [5.41, 5.74) is 0.640. The summed E-state index contributed by atoms with van der Waals surface area (Å²) >= 11 is 0. The normalized spacial score (nSPS) is 12.2. The van der Waals surface area contributed by atoms with Gasteiger partial charge in [-0.1, -0.05) is 39.0 Å². The summed E-state index contributed by atoms with van der Waals surface area (Å²) in [4.78, 5) is 23.6. The average Bonchev–Trinajstić information content (AvgIpc) is 2.78. The third-order valence-electron chi connectivity index (χ3n) is 5.14. The van der Waals surface area contributed by atoms with Gasteiger partial charge in [0.15, 0.2) is 0 Å². The Labute approximate surface area is 200 Å². The van der Waals surface area contributed by atoms with Gasteiger partial charge in [0, 0.05) is 12.1 Å². The molecule has 0 aliphatic rings.